The first-order valence-electron chi connectivity index (χ1n) is 5.91. The fourth-order valence-electron chi connectivity index (χ4n) is 2.33. The van der Waals surface area contributed by atoms with E-state index >= 15 is 0 Å². The summed E-state index contributed by atoms with van der Waals surface area (Å²) in [7, 11) is 0. The zero-order valence-electron chi connectivity index (χ0n) is 9.04. The zero-order valence-corrected chi connectivity index (χ0v) is 9.04. The highest BCUT2D eigenvalue weighted by Gasteiger charge is 2.26. The maximum Gasteiger partial charge on any atom is 0.220 e. The van der Waals surface area contributed by atoms with E-state index in [0.29, 0.717) is 18.9 Å². The predicted molar refractivity (Wildman–Crippen MR) is 57.3 cm³/mol. The lowest BCUT2D eigenvalue weighted by atomic mass is 9.99. The number of carbonyl (C=O) groups excluding carboxylic acids is 1. The summed E-state index contributed by atoms with van der Waals surface area (Å²) in [6.07, 6.45) is 3.47. The number of aliphatic hydroxyl groups excluding tert-OH is 1. The number of aliphatic hydroxyl groups is 1. The minimum Gasteiger partial charge on any atom is -0.393 e. The first kappa shape index (κ1) is 10.9. The standard InChI is InChI=1S/C11H20N2O2/c14-10-3-1-2-9(10)7-13-11(15)4-8-5-12-6-8/h8-10,12,14H,1-7H2,(H,13,15). The fraction of sp³-hybridized carbons (Fsp3) is 0.909. The van der Waals surface area contributed by atoms with Gasteiger partial charge in [-0.2, -0.15) is 0 Å². The number of amides is 1. The maximum absolute atomic E-state index is 11.5. The average molecular weight is 212 g/mol. The molecular formula is C11H20N2O2. The summed E-state index contributed by atoms with van der Waals surface area (Å²) in [5, 5.41) is 15.7. The van der Waals surface area contributed by atoms with Gasteiger partial charge in [0.25, 0.3) is 0 Å². The molecule has 2 fully saturated rings. The van der Waals surface area contributed by atoms with Crippen LogP contribution < -0.4 is 10.6 Å². The quantitative estimate of drug-likeness (QED) is 0.608. The van der Waals surface area contributed by atoms with Crippen molar-refractivity contribution in [2.24, 2.45) is 11.8 Å². The molecule has 0 radical (unpaired) electrons. The van der Waals surface area contributed by atoms with Gasteiger partial charge in [0, 0.05) is 18.9 Å². The van der Waals surface area contributed by atoms with Crippen LogP contribution in [0.1, 0.15) is 25.7 Å². The third kappa shape index (κ3) is 2.92. The Hall–Kier alpha value is -0.610. The first-order valence-corrected chi connectivity index (χ1v) is 5.91. The molecule has 2 rings (SSSR count). The molecule has 1 saturated heterocycles. The van der Waals surface area contributed by atoms with Gasteiger partial charge in [0.2, 0.25) is 5.91 Å². The molecule has 0 aromatic rings. The molecule has 1 aliphatic heterocycles. The van der Waals surface area contributed by atoms with Crippen molar-refractivity contribution >= 4 is 5.91 Å². The molecule has 0 aromatic carbocycles. The van der Waals surface area contributed by atoms with Gasteiger partial charge in [0.05, 0.1) is 6.10 Å². The van der Waals surface area contributed by atoms with Crippen LogP contribution in [0.5, 0.6) is 0 Å². The van der Waals surface area contributed by atoms with E-state index in [2.05, 4.69) is 10.6 Å². The van der Waals surface area contributed by atoms with Crippen LogP contribution in [0, 0.1) is 11.8 Å². The minimum atomic E-state index is -0.198. The second-order valence-electron chi connectivity index (χ2n) is 4.79. The molecule has 1 aliphatic carbocycles. The average Bonchev–Trinajstić information content (AvgIpc) is 2.55. The Balaban J connectivity index is 1.61. The van der Waals surface area contributed by atoms with Crippen molar-refractivity contribution in [1.29, 1.82) is 0 Å². The van der Waals surface area contributed by atoms with E-state index in [4.69, 9.17) is 0 Å². The molecular weight excluding hydrogens is 192 g/mol. The van der Waals surface area contributed by atoms with Crippen LogP contribution in [0.15, 0.2) is 0 Å². The van der Waals surface area contributed by atoms with E-state index in [1.807, 2.05) is 0 Å². The van der Waals surface area contributed by atoms with Crippen LogP contribution in [0.25, 0.3) is 0 Å². The van der Waals surface area contributed by atoms with Gasteiger partial charge in [-0.05, 0) is 31.8 Å². The molecule has 3 N–H and O–H groups in total. The molecule has 4 nitrogen and oxygen atoms in total. The normalized spacial score (nSPS) is 31.3. The van der Waals surface area contributed by atoms with E-state index < -0.39 is 0 Å². The number of carbonyl (C=O) groups is 1. The third-order valence-electron chi connectivity index (χ3n) is 3.52. The maximum atomic E-state index is 11.5. The minimum absolute atomic E-state index is 0.139. The lowest BCUT2D eigenvalue weighted by Gasteiger charge is -2.26. The first-order chi connectivity index (χ1) is 7.25. The molecule has 86 valence electrons. The molecule has 1 amide bonds. The fourth-order valence-corrected chi connectivity index (χ4v) is 2.33. The molecule has 0 bridgehead atoms. The molecule has 1 saturated carbocycles. The Morgan fingerprint density at radius 2 is 2.20 bits per heavy atom. The van der Waals surface area contributed by atoms with Crippen molar-refractivity contribution in [3.05, 3.63) is 0 Å². The van der Waals surface area contributed by atoms with E-state index in [1.54, 1.807) is 0 Å². The third-order valence-corrected chi connectivity index (χ3v) is 3.52. The van der Waals surface area contributed by atoms with Gasteiger partial charge in [-0.1, -0.05) is 6.42 Å². The summed E-state index contributed by atoms with van der Waals surface area (Å²) in [5.74, 6) is 0.951. The van der Waals surface area contributed by atoms with Crippen molar-refractivity contribution in [2.75, 3.05) is 19.6 Å². The van der Waals surface area contributed by atoms with Crippen LogP contribution in [0.3, 0.4) is 0 Å². The van der Waals surface area contributed by atoms with Crippen LogP contribution in [0.2, 0.25) is 0 Å². The molecule has 1 heterocycles. The molecule has 15 heavy (non-hydrogen) atoms. The highest BCUT2D eigenvalue weighted by Crippen LogP contribution is 2.24. The lowest BCUT2D eigenvalue weighted by Crippen LogP contribution is -2.45. The van der Waals surface area contributed by atoms with Gasteiger partial charge in [-0.3, -0.25) is 4.79 Å². The van der Waals surface area contributed by atoms with Crippen molar-refractivity contribution in [1.82, 2.24) is 10.6 Å². The number of hydrogen-bond acceptors (Lipinski definition) is 3. The van der Waals surface area contributed by atoms with E-state index in [-0.39, 0.29) is 17.9 Å². The van der Waals surface area contributed by atoms with Gasteiger partial charge in [-0.25, -0.2) is 0 Å². The Morgan fingerprint density at radius 3 is 2.73 bits per heavy atom. The highest BCUT2D eigenvalue weighted by molar-refractivity contribution is 5.76. The summed E-state index contributed by atoms with van der Waals surface area (Å²) >= 11 is 0. The molecule has 2 atom stereocenters. The van der Waals surface area contributed by atoms with Crippen LogP contribution in [-0.2, 0) is 4.79 Å². The van der Waals surface area contributed by atoms with Crippen molar-refractivity contribution in [3.8, 4) is 0 Å². The number of hydrogen-bond donors (Lipinski definition) is 3. The number of rotatable bonds is 4. The Labute approximate surface area is 90.4 Å². The summed E-state index contributed by atoms with van der Waals surface area (Å²) in [4.78, 5) is 11.5. The van der Waals surface area contributed by atoms with Crippen LogP contribution >= 0.6 is 0 Å². The second-order valence-corrected chi connectivity index (χ2v) is 4.79. The van der Waals surface area contributed by atoms with Gasteiger partial charge < -0.3 is 15.7 Å². The highest BCUT2D eigenvalue weighted by atomic mass is 16.3. The van der Waals surface area contributed by atoms with E-state index in [9.17, 15) is 9.90 Å². The smallest absolute Gasteiger partial charge is 0.220 e. The monoisotopic (exact) mass is 212 g/mol. The molecule has 2 unspecified atom stereocenters. The van der Waals surface area contributed by atoms with Crippen molar-refractivity contribution in [2.45, 2.75) is 31.8 Å². The molecule has 0 spiro atoms. The van der Waals surface area contributed by atoms with Crippen molar-refractivity contribution in [3.63, 3.8) is 0 Å². The van der Waals surface area contributed by atoms with Crippen LogP contribution in [0.4, 0.5) is 0 Å². The molecule has 4 heteroatoms. The second kappa shape index (κ2) is 4.94. The molecule has 2 aliphatic rings. The summed E-state index contributed by atoms with van der Waals surface area (Å²) < 4.78 is 0. The Kier molecular flexibility index (Phi) is 3.59. The van der Waals surface area contributed by atoms with Gasteiger partial charge in [0.15, 0.2) is 0 Å². The Bertz CT molecular complexity index is 229. The topological polar surface area (TPSA) is 61.4 Å². The van der Waals surface area contributed by atoms with Crippen LogP contribution in [-0.4, -0.2) is 36.8 Å². The van der Waals surface area contributed by atoms with E-state index in [1.165, 1.54) is 0 Å². The lowest BCUT2D eigenvalue weighted by molar-refractivity contribution is -0.122. The summed E-state index contributed by atoms with van der Waals surface area (Å²) in [6, 6.07) is 0. The van der Waals surface area contributed by atoms with E-state index in [0.717, 1.165) is 32.4 Å². The van der Waals surface area contributed by atoms with Crippen molar-refractivity contribution < 1.29 is 9.90 Å². The SMILES string of the molecule is O=C(CC1CNC1)NCC1CCCC1O. The summed E-state index contributed by atoms with van der Waals surface area (Å²) in [5.41, 5.74) is 0. The zero-order chi connectivity index (χ0) is 10.7. The molecule has 0 aromatic heterocycles. The largest absolute Gasteiger partial charge is 0.393 e. The predicted octanol–water partition coefficient (Wildman–Crippen LogP) is -0.127. The number of nitrogens with one attached hydrogen (secondary N) is 2. The Morgan fingerprint density at radius 1 is 1.40 bits per heavy atom. The van der Waals surface area contributed by atoms with Gasteiger partial charge in [0.1, 0.15) is 0 Å². The summed E-state index contributed by atoms with van der Waals surface area (Å²) in [6.45, 7) is 2.60. The van der Waals surface area contributed by atoms with Gasteiger partial charge >= 0.3 is 0 Å². The van der Waals surface area contributed by atoms with Gasteiger partial charge in [-0.15, -0.1) is 0 Å².